The van der Waals surface area contributed by atoms with Gasteiger partial charge in [0, 0.05) is 5.56 Å². The highest BCUT2D eigenvalue weighted by molar-refractivity contribution is 5.89. The zero-order valence-electron chi connectivity index (χ0n) is 18.4. The van der Waals surface area contributed by atoms with Crippen molar-refractivity contribution in [3.05, 3.63) is 102 Å². The van der Waals surface area contributed by atoms with Crippen molar-refractivity contribution >= 4 is 11.9 Å². The van der Waals surface area contributed by atoms with Gasteiger partial charge in [-0.15, -0.1) is 5.10 Å². The van der Waals surface area contributed by atoms with Crippen molar-refractivity contribution in [3.8, 4) is 17.1 Å². The predicted molar refractivity (Wildman–Crippen MR) is 125 cm³/mol. The average molecular weight is 441 g/mol. The van der Waals surface area contributed by atoms with E-state index < -0.39 is 18.0 Å². The van der Waals surface area contributed by atoms with Crippen molar-refractivity contribution in [1.82, 2.24) is 20.1 Å². The maximum Gasteiger partial charge on any atom is 0.379 e. The molecule has 0 fully saturated rings. The maximum absolute atomic E-state index is 12.8. The maximum atomic E-state index is 12.8. The van der Waals surface area contributed by atoms with Crippen LogP contribution in [0.5, 0.6) is 0 Å². The number of nitrogens with one attached hydrogen (secondary N) is 1. The fraction of sp³-hybridized carbons (Fsp3) is 0.154. The Balaban J connectivity index is 1.52. The Morgan fingerprint density at radius 1 is 0.848 bits per heavy atom. The first-order valence-corrected chi connectivity index (χ1v) is 10.7. The van der Waals surface area contributed by atoms with E-state index in [0.717, 1.165) is 16.8 Å². The van der Waals surface area contributed by atoms with Crippen molar-refractivity contribution in [2.45, 2.75) is 26.0 Å². The molecule has 0 saturated carbocycles. The Morgan fingerprint density at radius 3 is 2.06 bits per heavy atom. The van der Waals surface area contributed by atoms with Crippen molar-refractivity contribution in [2.75, 3.05) is 0 Å². The van der Waals surface area contributed by atoms with Gasteiger partial charge in [0.2, 0.25) is 0 Å². The van der Waals surface area contributed by atoms with Gasteiger partial charge in [-0.05, 0) is 31.5 Å². The Labute approximate surface area is 192 Å². The molecule has 4 rings (SSSR count). The van der Waals surface area contributed by atoms with Gasteiger partial charge in [-0.2, -0.15) is 0 Å². The lowest BCUT2D eigenvalue weighted by molar-refractivity contribution is -0.129. The lowest BCUT2D eigenvalue weighted by atomic mass is 10.1. The minimum absolute atomic E-state index is 0.117. The summed E-state index contributed by atoms with van der Waals surface area (Å²) in [5, 5.41) is 7.24. The lowest BCUT2D eigenvalue weighted by Gasteiger charge is -2.17. The van der Waals surface area contributed by atoms with E-state index in [-0.39, 0.29) is 11.9 Å². The van der Waals surface area contributed by atoms with Gasteiger partial charge in [0.15, 0.2) is 11.9 Å². The number of esters is 1. The van der Waals surface area contributed by atoms with Crippen LogP contribution in [0.2, 0.25) is 0 Å². The summed E-state index contributed by atoms with van der Waals surface area (Å²) in [6, 6.07) is 28.2. The Bertz CT molecular complexity index is 1170. The quantitative estimate of drug-likeness (QED) is 0.432. The van der Waals surface area contributed by atoms with Gasteiger partial charge in [0.1, 0.15) is 0 Å². The third-order valence-corrected chi connectivity index (χ3v) is 5.13. The van der Waals surface area contributed by atoms with E-state index >= 15 is 0 Å². The number of aromatic nitrogens is 3. The van der Waals surface area contributed by atoms with Crippen LogP contribution in [0.25, 0.3) is 17.1 Å². The van der Waals surface area contributed by atoms with Crippen LogP contribution in [0.3, 0.4) is 0 Å². The lowest BCUT2D eigenvalue weighted by Crippen LogP contribution is -2.37. The highest BCUT2D eigenvalue weighted by Gasteiger charge is 2.25. The van der Waals surface area contributed by atoms with E-state index in [2.05, 4.69) is 15.4 Å². The number of benzene rings is 3. The Kier molecular flexibility index (Phi) is 6.59. The molecule has 1 aromatic heterocycles. The summed E-state index contributed by atoms with van der Waals surface area (Å²) >= 11 is 0. The van der Waals surface area contributed by atoms with E-state index in [1.165, 1.54) is 6.92 Å². The molecule has 0 aliphatic heterocycles. The highest BCUT2D eigenvalue weighted by Crippen LogP contribution is 2.21. The molecular formula is C26H24N4O3. The SMILES string of the molecule is CC(OC(=O)c1nc(-c2ccccc2)n(-c2ccccc2)n1)C(=O)NC(C)c1ccccc1. The molecule has 0 spiro atoms. The average Bonchev–Trinajstić information content (AvgIpc) is 3.31. The molecule has 0 radical (unpaired) electrons. The number of carbonyl (C=O) groups is 2. The summed E-state index contributed by atoms with van der Waals surface area (Å²) in [5.41, 5.74) is 2.51. The second-order valence-electron chi connectivity index (χ2n) is 7.56. The van der Waals surface area contributed by atoms with Gasteiger partial charge in [0.05, 0.1) is 11.7 Å². The first-order valence-electron chi connectivity index (χ1n) is 10.7. The molecule has 7 nitrogen and oxygen atoms in total. The minimum Gasteiger partial charge on any atom is -0.447 e. The molecular weight excluding hydrogens is 416 g/mol. The topological polar surface area (TPSA) is 86.1 Å². The molecule has 7 heteroatoms. The van der Waals surface area contributed by atoms with Crippen molar-refractivity contribution < 1.29 is 14.3 Å². The highest BCUT2D eigenvalue weighted by atomic mass is 16.5. The Hall–Kier alpha value is -4.26. The smallest absolute Gasteiger partial charge is 0.379 e. The molecule has 1 amide bonds. The standard InChI is InChI=1S/C26H24N4O3/c1-18(20-12-6-3-7-13-20)27-25(31)19(2)33-26(32)23-28-24(21-14-8-4-9-15-21)30(29-23)22-16-10-5-11-17-22/h3-19H,1-2H3,(H,27,31). The second-order valence-corrected chi connectivity index (χ2v) is 7.56. The van der Waals surface area contributed by atoms with Gasteiger partial charge in [-0.1, -0.05) is 78.9 Å². The van der Waals surface area contributed by atoms with Gasteiger partial charge in [0.25, 0.3) is 11.7 Å². The van der Waals surface area contributed by atoms with Gasteiger partial charge >= 0.3 is 5.97 Å². The molecule has 3 aromatic carbocycles. The molecule has 0 saturated heterocycles. The molecule has 1 heterocycles. The van der Waals surface area contributed by atoms with Crippen LogP contribution >= 0.6 is 0 Å². The van der Waals surface area contributed by atoms with E-state index in [1.807, 2.05) is 97.9 Å². The summed E-state index contributed by atoms with van der Waals surface area (Å²) in [6.45, 7) is 3.40. The van der Waals surface area contributed by atoms with Gasteiger partial charge in [-0.25, -0.2) is 14.5 Å². The largest absolute Gasteiger partial charge is 0.447 e. The van der Waals surface area contributed by atoms with Crippen LogP contribution in [0.15, 0.2) is 91.0 Å². The number of ether oxygens (including phenoxy) is 1. The summed E-state index contributed by atoms with van der Waals surface area (Å²) in [5.74, 6) is -0.778. The molecule has 166 valence electrons. The van der Waals surface area contributed by atoms with E-state index in [4.69, 9.17) is 4.74 Å². The summed E-state index contributed by atoms with van der Waals surface area (Å²) in [4.78, 5) is 29.8. The Morgan fingerprint density at radius 2 is 1.42 bits per heavy atom. The minimum atomic E-state index is -1.01. The summed E-state index contributed by atoms with van der Waals surface area (Å²) in [7, 11) is 0. The molecule has 0 aliphatic carbocycles. The molecule has 2 unspecified atom stereocenters. The number of amides is 1. The van der Waals surface area contributed by atoms with Crippen LogP contribution < -0.4 is 5.32 Å². The van der Waals surface area contributed by atoms with Crippen LogP contribution in [0.1, 0.15) is 36.1 Å². The first-order chi connectivity index (χ1) is 16.0. The molecule has 4 aromatic rings. The molecule has 2 atom stereocenters. The van der Waals surface area contributed by atoms with Crippen LogP contribution in [0.4, 0.5) is 0 Å². The predicted octanol–water partition coefficient (Wildman–Crippen LogP) is 4.36. The normalized spacial score (nSPS) is 12.5. The monoisotopic (exact) mass is 440 g/mol. The molecule has 0 bridgehead atoms. The van der Waals surface area contributed by atoms with Crippen LogP contribution in [-0.2, 0) is 9.53 Å². The zero-order chi connectivity index (χ0) is 23.2. The molecule has 33 heavy (non-hydrogen) atoms. The van der Waals surface area contributed by atoms with E-state index in [1.54, 1.807) is 4.68 Å². The number of hydrogen-bond donors (Lipinski definition) is 1. The fourth-order valence-electron chi connectivity index (χ4n) is 3.34. The van der Waals surface area contributed by atoms with Gasteiger partial charge in [-0.3, -0.25) is 4.79 Å². The van der Waals surface area contributed by atoms with Crippen molar-refractivity contribution in [3.63, 3.8) is 0 Å². The number of rotatable bonds is 7. The number of carbonyl (C=O) groups excluding carboxylic acids is 2. The molecule has 0 aliphatic rings. The number of nitrogens with zero attached hydrogens (tertiary/aromatic N) is 3. The second kappa shape index (κ2) is 9.91. The number of hydrogen-bond acceptors (Lipinski definition) is 5. The first kappa shape index (κ1) is 22.0. The van der Waals surface area contributed by atoms with Crippen molar-refractivity contribution in [1.29, 1.82) is 0 Å². The molecule has 1 N–H and O–H groups in total. The zero-order valence-corrected chi connectivity index (χ0v) is 18.4. The summed E-state index contributed by atoms with van der Waals surface area (Å²) < 4.78 is 6.98. The third-order valence-electron chi connectivity index (χ3n) is 5.13. The van der Waals surface area contributed by atoms with Crippen LogP contribution in [0, 0.1) is 0 Å². The summed E-state index contributed by atoms with van der Waals surface area (Å²) in [6.07, 6.45) is -1.01. The fourth-order valence-corrected chi connectivity index (χ4v) is 3.34. The van der Waals surface area contributed by atoms with Crippen molar-refractivity contribution in [2.24, 2.45) is 0 Å². The van der Waals surface area contributed by atoms with E-state index in [9.17, 15) is 9.59 Å². The van der Waals surface area contributed by atoms with E-state index in [0.29, 0.717) is 5.82 Å². The van der Waals surface area contributed by atoms with Gasteiger partial charge < -0.3 is 10.1 Å². The van der Waals surface area contributed by atoms with Crippen LogP contribution in [-0.4, -0.2) is 32.7 Å². The third kappa shape index (κ3) is 5.15. The number of para-hydroxylation sites is 1.